The number of carbonyl (C=O) groups excluding carboxylic acids is 1. The second-order valence-corrected chi connectivity index (χ2v) is 4.48. The lowest BCUT2D eigenvalue weighted by Crippen LogP contribution is -2.30. The summed E-state index contributed by atoms with van der Waals surface area (Å²) in [7, 11) is 1.28. The van der Waals surface area contributed by atoms with Crippen LogP contribution < -0.4 is 11.1 Å². The predicted octanol–water partition coefficient (Wildman–Crippen LogP) is -0.400. The van der Waals surface area contributed by atoms with E-state index in [9.17, 15) is 4.79 Å². The molecule has 0 spiro atoms. The third kappa shape index (κ3) is 11.4. The maximum atomic E-state index is 10.3. The largest absolute Gasteiger partial charge is 0.424 e. The first kappa shape index (κ1) is 13.4. The lowest BCUT2D eigenvalue weighted by molar-refractivity contribution is 0.173. The minimum absolute atomic E-state index is 0.409. The summed E-state index contributed by atoms with van der Waals surface area (Å²) in [4.78, 5) is 10.3. The molecule has 0 aliphatic heterocycles. The summed E-state index contributed by atoms with van der Waals surface area (Å²) in [6.07, 6.45) is 1.92. The van der Waals surface area contributed by atoms with Gasteiger partial charge in [-0.3, -0.25) is 0 Å². The highest BCUT2D eigenvalue weighted by Gasteiger charge is 1.93. The fraction of sp³-hybridized carbons (Fsp3) is 0.875. The van der Waals surface area contributed by atoms with E-state index in [1.807, 2.05) is 0 Å². The molecule has 2 amide bonds. The monoisotopic (exact) mass is 220 g/mol. The van der Waals surface area contributed by atoms with E-state index >= 15 is 0 Å². The minimum Gasteiger partial charge on any atom is -0.424 e. The molecule has 0 aliphatic carbocycles. The van der Waals surface area contributed by atoms with Gasteiger partial charge >= 0.3 is 6.03 Å². The molecule has 0 unspecified atom stereocenters. The molecule has 84 valence electrons. The number of ether oxygens (including phenoxy) is 1. The fourth-order valence-corrected chi connectivity index (χ4v) is 2.01. The van der Waals surface area contributed by atoms with Crippen LogP contribution >= 0.6 is 0 Å². The van der Waals surface area contributed by atoms with E-state index in [0.717, 1.165) is 32.1 Å². The number of urea groups is 1. The Kier molecular flexibility index (Phi) is 10.0. The number of rotatable bonds is 9. The van der Waals surface area contributed by atoms with E-state index in [4.69, 9.17) is 14.9 Å². The van der Waals surface area contributed by atoms with Gasteiger partial charge in [0.15, 0.2) is 9.76 Å². The summed E-state index contributed by atoms with van der Waals surface area (Å²) in [6, 6.07) is 0.625. The van der Waals surface area contributed by atoms with Crippen LogP contribution in [0.2, 0.25) is 6.04 Å². The number of hydrogen-bond donors (Lipinski definition) is 2. The smallest absolute Gasteiger partial charge is 0.312 e. The van der Waals surface area contributed by atoms with Gasteiger partial charge in [0.05, 0.1) is 0 Å². The van der Waals surface area contributed by atoms with Crippen LogP contribution in [0.15, 0.2) is 0 Å². The zero-order chi connectivity index (χ0) is 10.6. The number of nitrogens with one attached hydrogen (secondary N) is 1. The van der Waals surface area contributed by atoms with Gasteiger partial charge in [0.25, 0.3) is 0 Å². The molecule has 5 nitrogen and oxygen atoms in total. The van der Waals surface area contributed by atoms with Gasteiger partial charge in [-0.1, -0.05) is 0 Å². The molecule has 0 saturated heterocycles. The van der Waals surface area contributed by atoms with E-state index in [1.54, 1.807) is 7.11 Å². The third-order valence-electron chi connectivity index (χ3n) is 1.65. The summed E-state index contributed by atoms with van der Waals surface area (Å²) in [5, 5.41) is 2.54. The lowest BCUT2D eigenvalue weighted by atomic mass is 10.5. The van der Waals surface area contributed by atoms with Gasteiger partial charge < -0.3 is 20.2 Å². The summed E-state index contributed by atoms with van der Waals surface area (Å²) in [6.45, 7) is 2.21. The molecule has 3 N–H and O–H groups in total. The second kappa shape index (κ2) is 10.5. The average molecular weight is 220 g/mol. The highest BCUT2D eigenvalue weighted by molar-refractivity contribution is 6.26. The molecule has 0 fully saturated rings. The van der Waals surface area contributed by atoms with Crippen LogP contribution in [0.5, 0.6) is 0 Å². The molecule has 0 heterocycles. The summed E-state index contributed by atoms with van der Waals surface area (Å²) in [5.41, 5.74) is 4.90. The van der Waals surface area contributed by atoms with Crippen molar-refractivity contribution in [3.8, 4) is 0 Å². The van der Waals surface area contributed by atoms with Gasteiger partial charge in [-0.15, -0.1) is 0 Å². The van der Waals surface area contributed by atoms with Gasteiger partial charge in [0, 0.05) is 26.9 Å². The zero-order valence-corrected chi connectivity index (χ0v) is 10.2. The van der Waals surface area contributed by atoms with Gasteiger partial charge in [0.2, 0.25) is 0 Å². The second-order valence-electron chi connectivity index (χ2n) is 2.96. The molecule has 0 rings (SSSR count). The SMILES string of the molecule is COCCCO[SiH2]CCCNC(N)=O. The molecular formula is C8H20N2O3Si. The van der Waals surface area contributed by atoms with Crippen LogP contribution in [-0.2, 0) is 9.16 Å². The first-order chi connectivity index (χ1) is 6.77. The predicted molar refractivity (Wildman–Crippen MR) is 58.0 cm³/mol. The van der Waals surface area contributed by atoms with Crippen molar-refractivity contribution in [2.45, 2.75) is 18.9 Å². The average Bonchev–Trinajstić information content (AvgIpc) is 2.15. The maximum absolute atomic E-state index is 10.3. The Hall–Kier alpha value is -0.593. The van der Waals surface area contributed by atoms with Crippen molar-refractivity contribution < 1.29 is 14.0 Å². The van der Waals surface area contributed by atoms with Crippen LogP contribution in [0.3, 0.4) is 0 Å². The number of hydrogen-bond acceptors (Lipinski definition) is 3. The summed E-state index contributed by atoms with van der Waals surface area (Å²) in [5.74, 6) is 0. The van der Waals surface area contributed by atoms with Crippen molar-refractivity contribution in [3.05, 3.63) is 0 Å². The highest BCUT2D eigenvalue weighted by Crippen LogP contribution is 1.89. The van der Waals surface area contributed by atoms with E-state index in [2.05, 4.69) is 5.32 Å². The molecule has 0 aromatic heterocycles. The first-order valence-corrected chi connectivity index (χ1v) is 6.45. The van der Waals surface area contributed by atoms with Crippen LogP contribution in [0, 0.1) is 0 Å². The highest BCUT2D eigenvalue weighted by atomic mass is 28.2. The topological polar surface area (TPSA) is 73.6 Å². The lowest BCUT2D eigenvalue weighted by Gasteiger charge is -2.03. The molecule has 0 aliphatic rings. The summed E-state index contributed by atoms with van der Waals surface area (Å²) >= 11 is 0. The zero-order valence-electron chi connectivity index (χ0n) is 8.75. The van der Waals surface area contributed by atoms with E-state index in [0.29, 0.717) is 6.54 Å². The van der Waals surface area contributed by atoms with Crippen molar-refractivity contribution in [2.24, 2.45) is 5.73 Å². The Labute approximate surface area is 87.3 Å². The Morgan fingerprint density at radius 3 is 2.86 bits per heavy atom. The Morgan fingerprint density at radius 2 is 2.21 bits per heavy atom. The molecule has 0 saturated carbocycles. The fourth-order valence-electron chi connectivity index (χ4n) is 0.948. The number of primary amides is 1. The molecule has 0 bridgehead atoms. The van der Waals surface area contributed by atoms with Crippen LogP contribution in [-0.4, -0.2) is 42.7 Å². The van der Waals surface area contributed by atoms with Gasteiger partial charge in [-0.05, 0) is 18.9 Å². The first-order valence-electron chi connectivity index (χ1n) is 4.87. The molecule has 0 aromatic carbocycles. The maximum Gasteiger partial charge on any atom is 0.312 e. The van der Waals surface area contributed by atoms with Gasteiger partial charge in [0.1, 0.15) is 0 Å². The van der Waals surface area contributed by atoms with Crippen LogP contribution in [0.1, 0.15) is 12.8 Å². The minimum atomic E-state index is -0.451. The molecule has 0 aromatic rings. The summed E-state index contributed by atoms with van der Waals surface area (Å²) < 4.78 is 10.3. The standard InChI is InChI=1S/C8H20N2O3Si/c1-12-5-3-6-13-14-7-2-4-10-8(9)11/h2-7,14H2,1H3,(H3,9,10,11). The molecular weight excluding hydrogens is 200 g/mol. The molecule has 14 heavy (non-hydrogen) atoms. The van der Waals surface area contributed by atoms with Gasteiger partial charge in [-0.25, -0.2) is 4.79 Å². The van der Waals surface area contributed by atoms with Gasteiger partial charge in [-0.2, -0.15) is 0 Å². The number of methoxy groups -OCH3 is 1. The quantitative estimate of drug-likeness (QED) is 0.410. The van der Waals surface area contributed by atoms with Crippen molar-refractivity contribution in [2.75, 3.05) is 26.9 Å². The molecule has 6 heteroatoms. The Balaban J connectivity index is 2.88. The van der Waals surface area contributed by atoms with Crippen molar-refractivity contribution in [1.29, 1.82) is 0 Å². The van der Waals surface area contributed by atoms with E-state index in [1.165, 1.54) is 0 Å². The molecule has 0 atom stereocenters. The number of nitrogens with two attached hydrogens (primary N) is 1. The van der Waals surface area contributed by atoms with Crippen molar-refractivity contribution in [1.82, 2.24) is 5.32 Å². The Bertz CT molecular complexity index is 147. The van der Waals surface area contributed by atoms with Crippen LogP contribution in [0.4, 0.5) is 4.79 Å². The third-order valence-corrected chi connectivity index (χ3v) is 3.02. The number of carbonyl (C=O) groups is 1. The normalized spacial score (nSPS) is 10.9. The van der Waals surface area contributed by atoms with Crippen molar-refractivity contribution in [3.63, 3.8) is 0 Å². The number of amides is 2. The van der Waals surface area contributed by atoms with Crippen LogP contribution in [0.25, 0.3) is 0 Å². The van der Waals surface area contributed by atoms with E-state index in [-0.39, 0.29) is 0 Å². The van der Waals surface area contributed by atoms with E-state index < -0.39 is 15.8 Å². The molecule has 0 radical (unpaired) electrons. The van der Waals surface area contributed by atoms with Crippen molar-refractivity contribution >= 4 is 15.8 Å². The Morgan fingerprint density at radius 1 is 1.43 bits per heavy atom.